The van der Waals surface area contributed by atoms with E-state index in [1.807, 2.05) is 0 Å². The Hall–Kier alpha value is -1.66. The van der Waals surface area contributed by atoms with Crippen LogP contribution in [0.5, 0.6) is 0 Å². The Morgan fingerprint density at radius 3 is 1.60 bits per heavy atom. The van der Waals surface area contributed by atoms with Gasteiger partial charge in [-0.15, -0.1) is 0 Å². The molecule has 0 rings (SSSR count). The summed E-state index contributed by atoms with van der Waals surface area (Å²) < 4.78 is 23.3. The van der Waals surface area contributed by atoms with Gasteiger partial charge in [0.2, 0.25) is 0 Å². The van der Waals surface area contributed by atoms with Crippen LogP contribution in [-0.2, 0) is 28.6 Å². The smallest absolute Gasteiger partial charge is 0.417 e. The van der Waals surface area contributed by atoms with E-state index in [0.29, 0.717) is 0 Å². The summed E-state index contributed by atoms with van der Waals surface area (Å²) in [5.41, 5.74) is 0. The van der Waals surface area contributed by atoms with E-state index in [1.165, 1.54) is 0 Å². The van der Waals surface area contributed by atoms with E-state index in [2.05, 4.69) is 14.2 Å². The lowest BCUT2D eigenvalue weighted by Crippen LogP contribution is -2.16. The molecule has 88 valence electrons. The standard InChI is InChI=1S/C4H7FO2.C4H6O4/c1-2-7-4(6)3-5;1-7-3(5)4(6)8-2/h2-3H2,1H3;1-2H3. The number of methoxy groups -OCH3 is 2. The van der Waals surface area contributed by atoms with E-state index in [4.69, 9.17) is 0 Å². The Kier molecular flexibility index (Phi) is 11.0. The fourth-order valence-electron chi connectivity index (χ4n) is 0.366. The van der Waals surface area contributed by atoms with Crippen molar-refractivity contribution in [1.82, 2.24) is 0 Å². The largest absolute Gasteiger partial charge is 0.464 e. The van der Waals surface area contributed by atoms with Gasteiger partial charge in [0.1, 0.15) is 0 Å². The molecule has 0 unspecified atom stereocenters. The second-order valence-electron chi connectivity index (χ2n) is 1.92. The summed E-state index contributed by atoms with van der Waals surface area (Å²) in [4.78, 5) is 29.9. The number of ether oxygens (including phenoxy) is 3. The maximum atomic E-state index is 11.1. The molecule has 0 N–H and O–H groups in total. The van der Waals surface area contributed by atoms with Gasteiger partial charge in [0.15, 0.2) is 6.67 Å². The van der Waals surface area contributed by atoms with Crippen molar-refractivity contribution in [3.8, 4) is 0 Å². The monoisotopic (exact) mass is 224 g/mol. The van der Waals surface area contributed by atoms with Gasteiger partial charge in [0.05, 0.1) is 20.8 Å². The Morgan fingerprint density at radius 1 is 1.07 bits per heavy atom. The number of halogens is 1. The van der Waals surface area contributed by atoms with Gasteiger partial charge in [-0.05, 0) is 6.92 Å². The van der Waals surface area contributed by atoms with Crippen LogP contribution in [0.1, 0.15) is 6.92 Å². The second-order valence-corrected chi connectivity index (χ2v) is 1.92. The van der Waals surface area contributed by atoms with Gasteiger partial charge in [-0.2, -0.15) is 0 Å². The van der Waals surface area contributed by atoms with Crippen molar-refractivity contribution in [3.05, 3.63) is 0 Å². The van der Waals surface area contributed by atoms with Crippen molar-refractivity contribution in [3.63, 3.8) is 0 Å². The van der Waals surface area contributed by atoms with Gasteiger partial charge in [-0.25, -0.2) is 18.8 Å². The quantitative estimate of drug-likeness (QED) is 0.369. The zero-order valence-electron chi connectivity index (χ0n) is 8.74. The molecule has 0 aliphatic rings. The first-order valence-corrected chi connectivity index (χ1v) is 3.91. The average Bonchev–Trinajstić information content (AvgIpc) is 2.27. The fourth-order valence-corrected chi connectivity index (χ4v) is 0.366. The molecule has 0 radical (unpaired) electrons. The minimum Gasteiger partial charge on any atom is -0.464 e. The summed E-state index contributed by atoms with van der Waals surface area (Å²) in [7, 11) is 2.22. The van der Waals surface area contributed by atoms with Crippen LogP contribution in [0.4, 0.5) is 4.39 Å². The van der Waals surface area contributed by atoms with Crippen LogP contribution in [0, 0.1) is 0 Å². The van der Waals surface area contributed by atoms with Crippen molar-refractivity contribution in [1.29, 1.82) is 0 Å². The molecule has 0 saturated carbocycles. The van der Waals surface area contributed by atoms with Gasteiger partial charge in [-0.1, -0.05) is 0 Å². The molecule has 0 aliphatic carbocycles. The fraction of sp³-hybridized carbons (Fsp3) is 0.625. The predicted octanol–water partition coefficient (Wildman–Crippen LogP) is -0.149. The average molecular weight is 224 g/mol. The number of alkyl halides is 1. The lowest BCUT2D eigenvalue weighted by atomic mass is 10.7. The Balaban J connectivity index is 0. The number of carbonyl (C=O) groups is 3. The molecule has 0 aromatic heterocycles. The first-order chi connectivity index (χ1) is 7.03. The summed E-state index contributed by atoms with van der Waals surface area (Å²) in [6, 6.07) is 0. The Morgan fingerprint density at radius 2 is 1.47 bits per heavy atom. The number of hydrogen-bond donors (Lipinski definition) is 0. The van der Waals surface area contributed by atoms with E-state index >= 15 is 0 Å². The number of esters is 3. The second kappa shape index (κ2) is 10.4. The van der Waals surface area contributed by atoms with Crippen LogP contribution >= 0.6 is 0 Å². The third-order valence-corrected chi connectivity index (χ3v) is 0.952. The van der Waals surface area contributed by atoms with E-state index in [9.17, 15) is 18.8 Å². The van der Waals surface area contributed by atoms with Gasteiger partial charge in [0.25, 0.3) is 0 Å². The Bertz CT molecular complexity index is 201. The number of hydrogen-bond acceptors (Lipinski definition) is 6. The van der Waals surface area contributed by atoms with Crippen LogP contribution in [0.3, 0.4) is 0 Å². The van der Waals surface area contributed by atoms with Gasteiger partial charge < -0.3 is 14.2 Å². The summed E-state index contributed by atoms with van der Waals surface area (Å²) >= 11 is 0. The zero-order valence-corrected chi connectivity index (χ0v) is 8.74. The lowest BCUT2D eigenvalue weighted by molar-refractivity contribution is -0.164. The van der Waals surface area contributed by atoms with Gasteiger partial charge in [-0.3, -0.25) is 0 Å². The molecule has 0 fully saturated rings. The van der Waals surface area contributed by atoms with E-state index < -0.39 is 24.6 Å². The van der Waals surface area contributed by atoms with Crippen LogP contribution in [0.2, 0.25) is 0 Å². The first kappa shape index (κ1) is 15.8. The summed E-state index contributed by atoms with van der Waals surface area (Å²) in [6.07, 6.45) is 0. The Labute approximate surface area is 86.3 Å². The van der Waals surface area contributed by atoms with Crippen LogP contribution < -0.4 is 0 Å². The minimum absolute atomic E-state index is 0.253. The minimum atomic E-state index is -1.02. The van der Waals surface area contributed by atoms with Crippen molar-refractivity contribution in [2.45, 2.75) is 6.92 Å². The molecular formula is C8H13FO6. The number of carbonyl (C=O) groups excluding carboxylic acids is 3. The first-order valence-electron chi connectivity index (χ1n) is 3.91. The van der Waals surface area contributed by atoms with E-state index in [1.54, 1.807) is 6.92 Å². The normalized spacial score (nSPS) is 8.00. The van der Waals surface area contributed by atoms with Crippen LogP contribution in [0.15, 0.2) is 0 Å². The highest BCUT2D eigenvalue weighted by molar-refractivity contribution is 6.29. The van der Waals surface area contributed by atoms with E-state index in [0.717, 1.165) is 14.2 Å². The highest BCUT2D eigenvalue weighted by Crippen LogP contribution is 1.76. The molecule has 0 saturated heterocycles. The maximum absolute atomic E-state index is 11.1. The molecule has 0 aromatic rings. The molecule has 0 heterocycles. The highest BCUT2D eigenvalue weighted by atomic mass is 19.1. The summed E-state index contributed by atoms with van der Waals surface area (Å²) in [5.74, 6) is -2.75. The maximum Gasteiger partial charge on any atom is 0.417 e. The molecule has 15 heavy (non-hydrogen) atoms. The molecular weight excluding hydrogens is 211 g/mol. The molecule has 0 amide bonds. The van der Waals surface area contributed by atoms with Gasteiger partial charge in [0, 0.05) is 0 Å². The van der Waals surface area contributed by atoms with Crippen LogP contribution in [0.25, 0.3) is 0 Å². The van der Waals surface area contributed by atoms with Crippen molar-refractivity contribution < 1.29 is 33.0 Å². The van der Waals surface area contributed by atoms with Crippen molar-refractivity contribution in [2.24, 2.45) is 0 Å². The third-order valence-electron chi connectivity index (χ3n) is 0.952. The molecule has 6 nitrogen and oxygen atoms in total. The summed E-state index contributed by atoms with van der Waals surface area (Å²) in [5, 5.41) is 0. The predicted molar refractivity (Wildman–Crippen MR) is 46.6 cm³/mol. The molecule has 0 bridgehead atoms. The molecule has 7 heteroatoms. The molecule has 0 aliphatic heterocycles. The van der Waals surface area contributed by atoms with Crippen LogP contribution in [-0.4, -0.2) is 45.4 Å². The van der Waals surface area contributed by atoms with Crippen molar-refractivity contribution >= 4 is 17.9 Å². The SMILES string of the molecule is CCOC(=O)CF.COC(=O)C(=O)OC. The number of rotatable bonds is 2. The molecule has 0 atom stereocenters. The third kappa shape index (κ3) is 10.3. The van der Waals surface area contributed by atoms with E-state index in [-0.39, 0.29) is 6.61 Å². The molecule has 0 spiro atoms. The van der Waals surface area contributed by atoms with Crippen molar-refractivity contribution in [2.75, 3.05) is 27.5 Å². The topological polar surface area (TPSA) is 78.9 Å². The zero-order chi connectivity index (χ0) is 12.3. The highest BCUT2D eigenvalue weighted by Gasteiger charge is 2.11. The van der Waals surface area contributed by atoms with Gasteiger partial charge >= 0.3 is 17.9 Å². The molecule has 0 aromatic carbocycles. The summed E-state index contributed by atoms with van der Waals surface area (Å²) in [6.45, 7) is 0.865. The lowest BCUT2D eigenvalue weighted by Gasteiger charge is -1.92.